The van der Waals surface area contributed by atoms with E-state index >= 15 is 0 Å². The Kier molecular flexibility index (Phi) is 2.78. The van der Waals surface area contributed by atoms with Gasteiger partial charge in [-0.05, 0) is 0 Å². The third kappa shape index (κ3) is 1.85. The molecule has 1 aromatic rings. The Morgan fingerprint density at radius 3 is 2.81 bits per heavy atom. The van der Waals surface area contributed by atoms with E-state index in [1.165, 1.54) is 7.05 Å². The molecule has 16 heavy (non-hydrogen) atoms. The number of rotatable bonds is 3. The van der Waals surface area contributed by atoms with Crippen LogP contribution < -0.4 is 5.32 Å². The van der Waals surface area contributed by atoms with Crippen molar-refractivity contribution >= 4 is 29.4 Å². The van der Waals surface area contributed by atoms with Crippen LogP contribution in [0.25, 0.3) is 0 Å². The van der Waals surface area contributed by atoms with Gasteiger partial charge in [-0.3, -0.25) is 14.5 Å². The first-order chi connectivity index (χ1) is 7.61. The number of imide groups is 1. The second-order valence-corrected chi connectivity index (χ2v) is 3.59. The molecule has 1 aromatic heterocycles. The topological polar surface area (TPSA) is 88.3 Å². The molecule has 1 atom stereocenters. The summed E-state index contributed by atoms with van der Waals surface area (Å²) in [4.78, 5) is 23.8. The lowest BCUT2D eigenvalue weighted by Gasteiger charge is -2.08. The Morgan fingerprint density at radius 2 is 2.31 bits per heavy atom. The minimum atomic E-state index is -0.638. The van der Waals surface area contributed by atoms with Crippen LogP contribution in [-0.2, 0) is 15.5 Å². The zero-order chi connectivity index (χ0) is 11.7. The van der Waals surface area contributed by atoms with Crippen LogP contribution in [0.5, 0.6) is 0 Å². The molecule has 0 spiro atoms. The lowest BCUT2D eigenvalue weighted by Crippen LogP contribution is -2.31. The van der Waals surface area contributed by atoms with E-state index in [0.29, 0.717) is 0 Å². The predicted octanol–water partition coefficient (Wildman–Crippen LogP) is -0.0224. The quantitative estimate of drug-likeness (QED) is 0.594. The molecule has 1 unspecified atom stereocenters. The standard InChI is InChI=1S/C8H9ClN4O3/c1-13-6(14)2-4(7(13)15)10-8-12-11-5(3-9)16-8/h4H,2-3H2,1H3,(H,10,12). The summed E-state index contributed by atoms with van der Waals surface area (Å²) in [5.41, 5.74) is 0. The van der Waals surface area contributed by atoms with Gasteiger partial charge in [-0.25, -0.2) is 0 Å². The smallest absolute Gasteiger partial charge is 0.316 e. The van der Waals surface area contributed by atoms with Crippen molar-refractivity contribution in [2.45, 2.75) is 18.3 Å². The minimum Gasteiger partial charge on any atom is -0.407 e. The third-order valence-corrected chi connectivity index (χ3v) is 2.49. The van der Waals surface area contributed by atoms with E-state index in [4.69, 9.17) is 16.0 Å². The number of anilines is 1. The van der Waals surface area contributed by atoms with E-state index in [2.05, 4.69) is 15.5 Å². The van der Waals surface area contributed by atoms with E-state index in [9.17, 15) is 9.59 Å². The Hall–Kier alpha value is -1.63. The minimum absolute atomic E-state index is 0.0912. The van der Waals surface area contributed by atoms with Crippen molar-refractivity contribution in [1.82, 2.24) is 15.1 Å². The maximum absolute atomic E-state index is 11.5. The van der Waals surface area contributed by atoms with Crippen LogP contribution in [0.4, 0.5) is 6.01 Å². The molecular formula is C8H9ClN4O3. The van der Waals surface area contributed by atoms with E-state index < -0.39 is 6.04 Å². The number of amides is 2. The Balaban J connectivity index is 2.05. The van der Waals surface area contributed by atoms with Crippen LogP contribution in [-0.4, -0.2) is 40.0 Å². The van der Waals surface area contributed by atoms with E-state index in [1.54, 1.807) is 0 Å². The van der Waals surface area contributed by atoms with Crippen LogP contribution >= 0.6 is 11.6 Å². The molecule has 7 nitrogen and oxygen atoms in total. The summed E-state index contributed by atoms with van der Waals surface area (Å²) in [6.45, 7) is 0. The van der Waals surface area contributed by atoms with Crippen molar-refractivity contribution < 1.29 is 14.0 Å². The number of hydrogen-bond acceptors (Lipinski definition) is 6. The third-order valence-electron chi connectivity index (χ3n) is 2.26. The number of nitrogens with one attached hydrogen (secondary N) is 1. The van der Waals surface area contributed by atoms with Gasteiger partial charge in [-0.1, -0.05) is 5.10 Å². The molecule has 0 aliphatic carbocycles. The molecule has 86 valence electrons. The summed E-state index contributed by atoms with van der Waals surface area (Å²) in [5.74, 6) is -0.184. The van der Waals surface area contributed by atoms with Crippen molar-refractivity contribution in [2.75, 3.05) is 12.4 Å². The van der Waals surface area contributed by atoms with Gasteiger partial charge in [-0.2, -0.15) is 0 Å². The summed E-state index contributed by atoms with van der Waals surface area (Å²) in [7, 11) is 1.43. The summed E-state index contributed by atoms with van der Waals surface area (Å²) >= 11 is 5.48. The molecule has 2 rings (SSSR count). The number of likely N-dealkylation sites (N-methyl/N-ethyl adjacent to an activating group) is 1. The number of aromatic nitrogens is 2. The maximum atomic E-state index is 11.5. The van der Waals surface area contributed by atoms with Crippen LogP contribution in [0.3, 0.4) is 0 Å². The fourth-order valence-corrected chi connectivity index (χ4v) is 1.49. The van der Waals surface area contributed by atoms with Gasteiger partial charge >= 0.3 is 6.01 Å². The summed E-state index contributed by atoms with van der Waals surface area (Å²) in [6, 6.07) is -0.543. The molecule has 2 amide bonds. The summed E-state index contributed by atoms with van der Waals surface area (Å²) < 4.78 is 5.07. The normalized spacial score (nSPS) is 20.6. The van der Waals surface area contributed by atoms with Gasteiger partial charge in [0, 0.05) is 7.05 Å². The molecule has 2 heterocycles. The molecule has 0 aromatic carbocycles. The Bertz CT molecular complexity index is 433. The van der Waals surface area contributed by atoms with E-state index in [0.717, 1.165) is 4.90 Å². The average molecular weight is 245 g/mol. The molecule has 1 N–H and O–H groups in total. The van der Waals surface area contributed by atoms with Crippen molar-refractivity contribution in [1.29, 1.82) is 0 Å². The number of hydrogen-bond donors (Lipinski definition) is 1. The lowest BCUT2D eigenvalue weighted by molar-refractivity contribution is -0.136. The number of nitrogens with zero attached hydrogens (tertiary/aromatic N) is 3. The Morgan fingerprint density at radius 1 is 1.56 bits per heavy atom. The van der Waals surface area contributed by atoms with Gasteiger partial charge in [-0.15, -0.1) is 16.7 Å². The number of halogens is 1. The number of alkyl halides is 1. The maximum Gasteiger partial charge on any atom is 0.316 e. The highest BCUT2D eigenvalue weighted by molar-refractivity contribution is 6.16. The summed E-state index contributed by atoms with van der Waals surface area (Å²) in [5, 5.41) is 9.95. The molecule has 0 saturated carbocycles. The fraction of sp³-hybridized carbons (Fsp3) is 0.500. The lowest BCUT2D eigenvalue weighted by atomic mass is 10.2. The first kappa shape index (κ1) is 10.9. The van der Waals surface area contributed by atoms with Crippen molar-refractivity contribution in [3.63, 3.8) is 0 Å². The molecule has 0 bridgehead atoms. The second-order valence-electron chi connectivity index (χ2n) is 3.33. The van der Waals surface area contributed by atoms with E-state index in [1.807, 2.05) is 0 Å². The zero-order valence-electron chi connectivity index (χ0n) is 8.44. The van der Waals surface area contributed by atoms with Gasteiger partial charge in [0.25, 0.3) is 5.91 Å². The average Bonchev–Trinajstić information content (AvgIpc) is 2.81. The molecular weight excluding hydrogens is 236 g/mol. The first-order valence-electron chi connectivity index (χ1n) is 4.57. The van der Waals surface area contributed by atoms with Crippen LogP contribution in [0.15, 0.2) is 4.42 Å². The molecule has 1 aliphatic heterocycles. The van der Waals surface area contributed by atoms with Crippen LogP contribution in [0, 0.1) is 0 Å². The largest absolute Gasteiger partial charge is 0.407 e. The van der Waals surface area contributed by atoms with Crippen LogP contribution in [0.1, 0.15) is 12.3 Å². The molecule has 0 radical (unpaired) electrons. The predicted molar refractivity (Wildman–Crippen MR) is 53.7 cm³/mol. The summed E-state index contributed by atoms with van der Waals surface area (Å²) in [6.07, 6.45) is 0.0912. The number of carbonyl (C=O) groups is 2. The van der Waals surface area contributed by atoms with Gasteiger partial charge in [0.15, 0.2) is 0 Å². The van der Waals surface area contributed by atoms with Crippen molar-refractivity contribution in [3.8, 4) is 0 Å². The van der Waals surface area contributed by atoms with Crippen molar-refractivity contribution in [2.24, 2.45) is 0 Å². The highest BCUT2D eigenvalue weighted by Gasteiger charge is 2.36. The van der Waals surface area contributed by atoms with Gasteiger partial charge in [0.2, 0.25) is 11.8 Å². The highest BCUT2D eigenvalue weighted by atomic mass is 35.5. The SMILES string of the molecule is CN1C(=O)CC(Nc2nnc(CCl)o2)C1=O. The molecule has 1 fully saturated rings. The number of likely N-dealkylation sites (tertiary alicyclic amines) is 1. The fourth-order valence-electron chi connectivity index (χ4n) is 1.38. The van der Waals surface area contributed by atoms with Crippen LogP contribution in [0.2, 0.25) is 0 Å². The highest BCUT2D eigenvalue weighted by Crippen LogP contribution is 2.16. The van der Waals surface area contributed by atoms with Gasteiger partial charge in [0.1, 0.15) is 11.9 Å². The molecule has 1 aliphatic rings. The Labute approximate surface area is 95.8 Å². The molecule has 1 saturated heterocycles. The molecule has 8 heteroatoms. The zero-order valence-corrected chi connectivity index (χ0v) is 9.19. The monoisotopic (exact) mass is 244 g/mol. The van der Waals surface area contributed by atoms with E-state index in [-0.39, 0.29) is 36.0 Å². The van der Waals surface area contributed by atoms with Crippen molar-refractivity contribution in [3.05, 3.63) is 5.89 Å². The second kappa shape index (κ2) is 4.09. The number of carbonyl (C=O) groups excluding carboxylic acids is 2. The van der Waals surface area contributed by atoms with Gasteiger partial charge < -0.3 is 9.73 Å². The first-order valence-corrected chi connectivity index (χ1v) is 5.10. The van der Waals surface area contributed by atoms with Gasteiger partial charge in [0.05, 0.1) is 6.42 Å².